The van der Waals surface area contributed by atoms with Crippen LogP contribution >= 0.6 is 0 Å². The van der Waals surface area contributed by atoms with E-state index in [0.29, 0.717) is 11.8 Å². The molecule has 2 atom stereocenters. The summed E-state index contributed by atoms with van der Waals surface area (Å²) in [5.41, 5.74) is 6.20. The monoisotopic (exact) mass is 277 g/mol. The van der Waals surface area contributed by atoms with Crippen LogP contribution in [0.4, 0.5) is 0 Å². The van der Waals surface area contributed by atoms with Gasteiger partial charge in [0.15, 0.2) is 5.82 Å². The molecular weight excluding hydrogens is 250 g/mol. The van der Waals surface area contributed by atoms with Gasteiger partial charge in [0.05, 0.1) is 5.54 Å². The first kappa shape index (κ1) is 14.1. The molecule has 0 spiro atoms. The fourth-order valence-corrected chi connectivity index (χ4v) is 3.92. The van der Waals surface area contributed by atoms with E-state index in [1.807, 2.05) is 0 Å². The second-order valence-electron chi connectivity index (χ2n) is 7.00. The van der Waals surface area contributed by atoms with E-state index in [1.165, 1.54) is 51.4 Å². The SMILES string of the molecule is CC1CCCC(N)(c2noc(C3CCCCCC3)n2)C1. The fourth-order valence-electron chi connectivity index (χ4n) is 3.92. The number of hydrogen-bond acceptors (Lipinski definition) is 4. The molecule has 0 aromatic carbocycles. The molecule has 4 heteroatoms. The van der Waals surface area contributed by atoms with E-state index in [2.05, 4.69) is 12.1 Å². The van der Waals surface area contributed by atoms with Gasteiger partial charge in [0.25, 0.3) is 0 Å². The van der Waals surface area contributed by atoms with Crippen molar-refractivity contribution in [1.29, 1.82) is 0 Å². The van der Waals surface area contributed by atoms with Crippen molar-refractivity contribution in [2.24, 2.45) is 11.7 Å². The summed E-state index contributed by atoms with van der Waals surface area (Å²) in [5.74, 6) is 2.71. The first-order valence-electron chi connectivity index (χ1n) is 8.30. The zero-order chi connectivity index (χ0) is 14.0. The van der Waals surface area contributed by atoms with E-state index in [-0.39, 0.29) is 5.54 Å². The molecule has 2 fully saturated rings. The Morgan fingerprint density at radius 1 is 1.10 bits per heavy atom. The minimum atomic E-state index is -0.357. The van der Waals surface area contributed by atoms with Crippen molar-refractivity contribution in [1.82, 2.24) is 10.1 Å². The fraction of sp³-hybridized carbons (Fsp3) is 0.875. The van der Waals surface area contributed by atoms with Crippen LogP contribution in [0.5, 0.6) is 0 Å². The Kier molecular flexibility index (Phi) is 4.11. The van der Waals surface area contributed by atoms with Crippen molar-refractivity contribution >= 4 is 0 Å². The lowest BCUT2D eigenvalue weighted by Crippen LogP contribution is -2.42. The molecule has 2 N–H and O–H groups in total. The minimum absolute atomic E-state index is 0.357. The number of rotatable bonds is 2. The van der Waals surface area contributed by atoms with E-state index in [0.717, 1.165) is 24.6 Å². The van der Waals surface area contributed by atoms with Crippen molar-refractivity contribution in [3.8, 4) is 0 Å². The van der Waals surface area contributed by atoms with Gasteiger partial charge in [-0.15, -0.1) is 0 Å². The zero-order valence-electron chi connectivity index (χ0n) is 12.6. The molecule has 0 amide bonds. The highest BCUT2D eigenvalue weighted by Crippen LogP contribution is 2.38. The quantitative estimate of drug-likeness (QED) is 0.833. The molecule has 0 radical (unpaired) electrons. The van der Waals surface area contributed by atoms with Crippen LogP contribution in [-0.4, -0.2) is 10.1 Å². The summed E-state index contributed by atoms with van der Waals surface area (Å²) >= 11 is 0. The van der Waals surface area contributed by atoms with Crippen molar-refractivity contribution in [3.63, 3.8) is 0 Å². The molecule has 1 aromatic heterocycles. The van der Waals surface area contributed by atoms with Gasteiger partial charge in [-0.2, -0.15) is 4.98 Å². The maximum atomic E-state index is 6.56. The van der Waals surface area contributed by atoms with E-state index >= 15 is 0 Å². The molecule has 3 rings (SSSR count). The lowest BCUT2D eigenvalue weighted by molar-refractivity contribution is 0.221. The zero-order valence-corrected chi connectivity index (χ0v) is 12.6. The smallest absolute Gasteiger partial charge is 0.229 e. The van der Waals surface area contributed by atoms with Crippen LogP contribution in [0, 0.1) is 5.92 Å². The van der Waals surface area contributed by atoms with Crippen LogP contribution in [0.25, 0.3) is 0 Å². The topological polar surface area (TPSA) is 64.9 Å². The van der Waals surface area contributed by atoms with Gasteiger partial charge >= 0.3 is 0 Å². The molecule has 0 bridgehead atoms. The maximum absolute atomic E-state index is 6.56. The van der Waals surface area contributed by atoms with Crippen molar-refractivity contribution in [2.75, 3.05) is 0 Å². The molecule has 112 valence electrons. The van der Waals surface area contributed by atoms with Gasteiger partial charge < -0.3 is 10.3 Å². The third-order valence-electron chi connectivity index (χ3n) is 5.12. The lowest BCUT2D eigenvalue weighted by Gasteiger charge is -2.33. The number of aromatic nitrogens is 2. The Labute approximate surface area is 121 Å². The molecule has 2 saturated carbocycles. The Morgan fingerprint density at radius 2 is 1.85 bits per heavy atom. The third kappa shape index (κ3) is 2.90. The van der Waals surface area contributed by atoms with Crippen LogP contribution in [0.15, 0.2) is 4.52 Å². The van der Waals surface area contributed by atoms with Gasteiger partial charge in [-0.05, 0) is 31.6 Å². The average Bonchev–Trinajstić information content (AvgIpc) is 2.76. The Hall–Kier alpha value is -0.900. The minimum Gasteiger partial charge on any atom is -0.339 e. The summed E-state index contributed by atoms with van der Waals surface area (Å²) in [4.78, 5) is 4.70. The Balaban J connectivity index is 1.75. The van der Waals surface area contributed by atoms with Crippen molar-refractivity contribution < 1.29 is 4.52 Å². The Bertz CT molecular complexity index is 437. The molecule has 2 aliphatic carbocycles. The first-order chi connectivity index (χ1) is 9.67. The van der Waals surface area contributed by atoms with Gasteiger partial charge in [-0.25, -0.2) is 0 Å². The van der Waals surface area contributed by atoms with Crippen LogP contribution in [0.1, 0.15) is 88.8 Å². The normalized spacial score (nSPS) is 33.0. The first-order valence-corrected chi connectivity index (χ1v) is 8.30. The van der Waals surface area contributed by atoms with E-state index < -0.39 is 0 Å². The molecule has 1 aromatic rings. The predicted octanol–water partition coefficient (Wildman–Crippen LogP) is 3.87. The summed E-state index contributed by atoms with van der Waals surface area (Å²) in [7, 11) is 0. The number of nitrogens with two attached hydrogens (primary N) is 1. The lowest BCUT2D eigenvalue weighted by atomic mass is 9.76. The average molecular weight is 277 g/mol. The highest BCUT2D eigenvalue weighted by Gasteiger charge is 2.37. The van der Waals surface area contributed by atoms with Crippen LogP contribution in [-0.2, 0) is 5.54 Å². The molecular formula is C16H27N3O. The molecule has 4 nitrogen and oxygen atoms in total. The molecule has 2 aliphatic rings. The third-order valence-corrected chi connectivity index (χ3v) is 5.12. The van der Waals surface area contributed by atoms with Crippen LogP contribution < -0.4 is 5.73 Å². The van der Waals surface area contributed by atoms with Gasteiger partial charge in [0, 0.05) is 5.92 Å². The molecule has 2 unspecified atom stereocenters. The van der Waals surface area contributed by atoms with E-state index in [9.17, 15) is 0 Å². The molecule has 20 heavy (non-hydrogen) atoms. The van der Waals surface area contributed by atoms with Gasteiger partial charge in [0.1, 0.15) is 0 Å². The van der Waals surface area contributed by atoms with Gasteiger partial charge in [0.2, 0.25) is 5.89 Å². The van der Waals surface area contributed by atoms with Crippen molar-refractivity contribution in [3.05, 3.63) is 11.7 Å². The highest BCUT2D eigenvalue weighted by molar-refractivity contribution is 5.07. The molecule has 0 aliphatic heterocycles. The summed E-state index contributed by atoms with van der Waals surface area (Å²) in [6.07, 6.45) is 12.0. The largest absolute Gasteiger partial charge is 0.339 e. The standard InChI is InChI=1S/C16H27N3O/c1-12-7-6-10-16(17,11-12)15-18-14(20-19-15)13-8-4-2-3-5-9-13/h12-13H,2-11,17H2,1H3. The van der Waals surface area contributed by atoms with Crippen LogP contribution in [0.2, 0.25) is 0 Å². The second kappa shape index (κ2) is 5.84. The molecule has 1 heterocycles. The summed E-state index contributed by atoms with van der Waals surface area (Å²) in [6.45, 7) is 2.27. The Morgan fingerprint density at radius 3 is 2.55 bits per heavy atom. The van der Waals surface area contributed by atoms with Crippen LogP contribution in [0.3, 0.4) is 0 Å². The summed E-state index contributed by atoms with van der Waals surface area (Å²) in [5, 5.41) is 4.24. The summed E-state index contributed by atoms with van der Waals surface area (Å²) < 4.78 is 5.57. The van der Waals surface area contributed by atoms with E-state index in [1.54, 1.807) is 0 Å². The van der Waals surface area contributed by atoms with Gasteiger partial charge in [-0.1, -0.05) is 50.6 Å². The van der Waals surface area contributed by atoms with E-state index in [4.69, 9.17) is 15.2 Å². The van der Waals surface area contributed by atoms with Crippen molar-refractivity contribution in [2.45, 2.75) is 82.6 Å². The second-order valence-corrected chi connectivity index (χ2v) is 7.00. The molecule has 0 saturated heterocycles. The predicted molar refractivity (Wildman–Crippen MR) is 78.2 cm³/mol. The number of hydrogen-bond donors (Lipinski definition) is 1. The van der Waals surface area contributed by atoms with Gasteiger partial charge in [-0.3, -0.25) is 0 Å². The highest BCUT2D eigenvalue weighted by atomic mass is 16.5. The summed E-state index contributed by atoms with van der Waals surface area (Å²) in [6, 6.07) is 0. The maximum Gasteiger partial charge on any atom is 0.229 e. The number of nitrogens with zero attached hydrogens (tertiary/aromatic N) is 2.